The number of nitriles is 1. The fourth-order valence-corrected chi connectivity index (χ4v) is 2.01. The smallest absolute Gasteiger partial charge is 0.309 e. The van der Waals surface area contributed by atoms with Crippen LogP contribution in [0.15, 0.2) is 0 Å². The molecular formula is C11H18N2O2. The molecule has 1 saturated heterocycles. The Bertz CT molecular complexity index is 260. The van der Waals surface area contributed by atoms with Gasteiger partial charge in [0.25, 0.3) is 0 Å². The summed E-state index contributed by atoms with van der Waals surface area (Å²) in [7, 11) is 1.43. The first-order valence-electron chi connectivity index (χ1n) is 5.37. The van der Waals surface area contributed by atoms with Crippen molar-refractivity contribution in [2.24, 2.45) is 11.8 Å². The van der Waals surface area contributed by atoms with Crippen LogP contribution in [0.2, 0.25) is 0 Å². The van der Waals surface area contributed by atoms with Gasteiger partial charge >= 0.3 is 5.97 Å². The number of ether oxygens (including phenoxy) is 1. The molecule has 0 aliphatic carbocycles. The second kappa shape index (κ2) is 5.72. The molecule has 2 unspecified atom stereocenters. The normalized spacial score (nSPS) is 24.2. The number of carbonyl (C=O) groups is 1. The number of likely N-dealkylation sites (tertiary alicyclic amines) is 1. The molecule has 0 amide bonds. The molecule has 1 aliphatic rings. The van der Waals surface area contributed by atoms with Crippen LogP contribution in [0.1, 0.15) is 19.8 Å². The molecule has 1 aliphatic heterocycles. The minimum Gasteiger partial charge on any atom is -0.469 e. The van der Waals surface area contributed by atoms with Gasteiger partial charge in [0, 0.05) is 13.1 Å². The Morgan fingerprint density at radius 2 is 2.47 bits per heavy atom. The lowest BCUT2D eigenvalue weighted by molar-refractivity contribution is -0.147. The molecule has 0 spiro atoms. The lowest BCUT2D eigenvalue weighted by Crippen LogP contribution is -2.40. The largest absolute Gasteiger partial charge is 0.469 e. The number of piperidine rings is 1. The lowest BCUT2D eigenvalue weighted by atomic mass is 9.97. The number of nitrogens with zero attached hydrogens (tertiary/aromatic N) is 2. The number of rotatable bonds is 3. The van der Waals surface area contributed by atoms with Crippen molar-refractivity contribution in [3.63, 3.8) is 0 Å². The van der Waals surface area contributed by atoms with E-state index in [1.807, 2.05) is 6.92 Å². The second-order valence-corrected chi connectivity index (χ2v) is 4.15. The van der Waals surface area contributed by atoms with Gasteiger partial charge in [0.05, 0.1) is 25.0 Å². The van der Waals surface area contributed by atoms with E-state index in [-0.39, 0.29) is 17.8 Å². The Morgan fingerprint density at radius 1 is 1.73 bits per heavy atom. The molecule has 0 N–H and O–H groups in total. The monoisotopic (exact) mass is 210 g/mol. The predicted molar refractivity (Wildman–Crippen MR) is 56.0 cm³/mol. The van der Waals surface area contributed by atoms with Crippen molar-refractivity contribution in [2.75, 3.05) is 26.7 Å². The lowest BCUT2D eigenvalue weighted by Gasteiger charge is -2.31. The highest BCUT2D eigenvalue weighted by atomic mass is 16.5. The van der Waals surface area contributed by atoms with E-state index in [0.717, 1.165) is 32.5 Å². The third-order valence-corrected chi connectivity index (χ3v) is 2.79. The van der Waals surface area contributed by atoms with Gasteiger partial charge < -0.3 is 9.64 Å². The van der Waals surface area contributed by atoms with Crippen LogP contribution < -0.4 is 0 Å². The summed E-state index contributed by atoms with van der Waals surface area (Å²) in [6.07, 6.45) is 1.92. The molecule has 1 heterocycles. The third-order valence-electron chi connectivity index (χ3n) is 2.79. The van der Waals surface area contributed by atoms with E-state index in [1.54, 1.807) is 0 Å². The van der Waals surface area contributed by atoms with Gasteiger partial charge in [-0.2, -0.15) is 5.26 Å². The van der Waals surface area contributed by atoms with Crippen LogP contribution in [0.5, 0.6) is 0 Å². The molecule has 0 aromatic heterocycles. The maximum atomic E-state index is 11.4. The van der Waals surface area contributed by atoms with Crippen molar-refractivity contribution in [3.8, 4) is 6.07 Å². The van der Waals surface area contributed by atoms with Crippen LogP contribution in [0, 0.1) is 23.2 Å². The molecule has 0 aromatic rings. The molecule has 84 valence electrons. The highest BCUT2D eigenvalue weighted by molar-refractivity contribution is 5.72. The molecule has 1 rings (SSSR count). The average Bonchev–Trinajstić information content (AvgIpc) is 2.28. The van der Waals surface area contributed by atoms with E-state index < -0.39 is 0 Å². The zero-order chi connectivity index (χ0) is 11.3. The summed E-state index contributed by atoms with van der Waals surface area (Å²) >= 11 is 0. The summed E-state index contributed by atoms with van der Waals surface area (Å²) in [5.41, 5.74) is 0. The molecule has 0 bridgehead atoms. The standard InChI is InChI=1S/C11H18N2O2/c1-9(6-12)7-13-5-3-4-10(8-13)11(14)15-2/h9-10H,3-5,7-8H2,1-2H3. The summed E-state index contributed by atoms with van der Waals surface area (Å²) in [5.74, 6) is -0.0969. The Morgan fingerprint density at radius 3 is 3.07 bits per heavy atom. The Labute approximate surface area is 90.8 Å². The molecule has 4 nitrogen and oxygen atoms in total. The van der Waals surface area contributed by atoms with E-state index in [1.165, 1.54) is 7.11 Å². The van der Waals surface area contributed by atoms with Crippen molar-refractivity contribution < 1.29 is 9.53 Å². The fourth-order valence-electron chi connectivity index (χ4n) is 2.01. The SMILES string of the molecule is COC(=O)C1CCCN(CC(C)C#N)C1. The minimum absolute atomic E-state index is 0.00496. The molecule has 15 heavy (non-hydrogen) atoms. The van der Waals surface area contributed by atoms with E-state index in [9.17, 15) is 4.79 Å². The van der Waals surface area contributed by atoms with Gasteiger partial charge in [0.2, 0.25) is 0 Å². The highest BCUT2D eigenvalue weighted by Gasteiger charge is 2.26. The van der Waals surface area contributed by atoms with Crippen molar-refractivity contribution in [2.45, 2.75) is 19.8 Å². The number of hydrogen-bond donors (Lipinski definition) is 0. The summed E-state index contributed by atoms with van der Waals surface area (Å²) in [4.78, 5) is 13.5. The Hall–Kier alpha value is -1.08. The van der Waals surface area contributed by atoms with Gasteiger partial charge in [-0.3, -0.25) is 4.79 Å². The first-order chi connectivity index (χ1) is 7.17. The van der Waals surface area contributed by atoms with Crippen LogP contribution in [0.4, 0.5) is 0 Å². The van der Waals surface area contributed by atoms with Gasteiger partial charge in [-0.1, -0.05) is 0 Å². The zero-order valence-electron chi connectivity index (χ0n) is 9.40. The quantitative estimate of drug-likeness (QED) is 0.653. The molecule has 0 saturated carbocycles. The summed E-state index contributed by atoms with van der Waals surface area (Å²) in [6.45, 7) is 4.38. The van der Waals surface area contributed by atoms with Gasteiger partial charge in [-0.15, -0.1) is 0 Å². The van der Waals surface area contributed by atoms with E-state index in [2.05, 4.69) is 11.0 Å². The van der Waals surface area contributed by atoms with Crippen LogP contribution in [-0.4, -0.2) is 37.6 Å². The van der Waals surface area contributed by atoms with Crippen molar-refractivity contribution in [1.29, 1.82) is 5.26 Å². The Balaban J connectivity index is 2.42. The highest BCUT2D eigenvalue weighted by Crippen LogP contribution is 2.18. The zero-order valence-corrected chi connectivity index (χ0v) is 9.40. The van der Waals surface area contributed by atoms with Gasteiger partial charge in [-0.05, 0) is 26.3 Å². The molecular weight excluding hydrogens is 192 g/mol. The summed E-state index contributed by atoms with van der Waals surface area (Å²) in [5, 5.41) is 8.72. The van der Waals surface area contributed by atoms with Gasteiger partial charge in [0.15, 0.2) is 0 Å². The van der Waals surface area contributed by atoms with Crippen LogP contribution in [0.25, 0.3) is 0 Å². The topological polar surface area (TPSA) is 53.3 Å². The van der Waals surface area contributed by atoms with Gasteiger partial charge in [-0.25, -0.2) is 0 Å². The van der Waals surface area contributed by atoms with E-state index >= 15 is 0 Å². The maximum Gasteiger partial charge on any atom is 0.309 e. The number of hydrogen-bond acceptors (Lipinski definition) is 4. The van der Waals surface area contributed by atoms with Crippen molar-refractivity contribution >= 4 is 5.97 Å². The fraction of sp³-hybridized carbons (Fsp3) is 0.818. The maximum absolute atomic E-state index is 11.4. The number of methoxy groups -OCH3 is 1. The average molecular weight is 210 g/mol. The molecule has 0 aromatic carbocycles. The third kappa shape index (κ3) is 3.52. The van der Waals surface area contributed by atoms with Crippen LogP contribution in [0.3, 0.4) is 0 Å². The number of esters is 1. The predicted octanol–water partition coefficient (Wildman–Crippen LogP) is 1.03. The van der Waals surface area contributed by atoms with Gasteiger partial charge in [0.1, 0.15) is 0 Å². The molecule has 2 atom stereocenters. The van der Waals surface area contributed by atoms with Crippen LogP contribution in [-0.2, 0) is 9.53 Å². The van der Waals surface area contributed by atoms with E-state index in [0.29, 0.717) is 0 Å². The van der Waals surface area contributed by atoms with Crippen LogP contribution >= 0.6 is 0 Å². The molecule has 4 heteroatoms. The summed E-state index contributed by atoms with van der Waals surface area (Å²) < 4.78 is 4.74. The Kier molecular flexibility index (Phi) is 4.57. The van der Waals surface area contributed by atoms with Crippen molar-refractivity contribution in [3.05, 3.63) is 0 Å². The first-order valence-corrected chi connectivity index (χ1v) is 5.37. The van der Waals surface area contributed by atoms with Crippen molar-refractivity contribution in [1.82, 2.24) is 4.90 Å². The van der Waals surface area contributed by atoms with E-state index in [4.69, 9.17) is 10.00 Å². The first kappa shape index (κ1) is 12.0. The molecule has 1 fully saturated rings. The second-order valence-electron chi connectivity index (χ2n) is 4.15. The minimum atomic E-state index is -0.121. The number of carbonyl (C=O) groups excluding carboxylic acids is 1. The molecule has 0 radical (unpaired) electrons. The summed E-state index contributed by atoms with van der Waals surface area (Å²) in [6, 6.07) is 2.21.